The second-order valence-corrected chi connectivity index (χ2v) is 6.22. The van der Waals surface area contributed by atoms with Crippen LogP contribution in [0.4, 0.5) is 5.69 Å². The van der Waals surface area contributed by atoms with E-state index in [0.29, 0.717) is 5.69 Å². The van der Waals surface area contributed by atoms with Gasteiger partial charge in [-0.15, -0.1) is 0 Å². The topological polar surface area (TPSA) is 87.3 Å². The lowest BCUT2D eigenvalue weighted by atomic mass is 10.3. The highest BCUT2D eigenvalue weighted by molar-refractivity contribution is 7.89. The normalized spacial score (nSPS) is 15.2. The highest BCUT2D eigenvalue weighted by Crippen LogP contribution is 2.23. The van der Waals surface area contributed by atoms with Crippen molar-refractivity contribution in [2.45, 2.75) is 23.8 Å². The molecule has 6 nitrogen and oxygen atoms in total. The number of carbonyl (C=O) groups is 1. The van der Waals surface area contributed by atoms with Crippen LogP contribution in [0, 0.1) is 0 Å². The number of hydrogen-bond acceptors (Lipinski definition) is 4. The van der Waals surface area contributed by atoms with Crippen LogP contribution in [0.15, 0.2) is 29.2 Å². The number of carbonyl (C=O) groups excluding carboxylic acids is 1. The van der Waals surface area contributed by atoms with Gasteiger partial charge >= 0.3 is 0 Å². The predicted octanol–water partition coefficient (Wildman–Crippen LogP) is 0.285. The minimum absolute atomic E-state index is 0.0625. The number of amides is 1. The van der Waals surface area contributed by atoms with Crippen molar-refractivity contribution in [3.8, 4) is 0 Å². The van der Waals surface area contributed by atoms with Gasteiger partial charge in [-0.05, 0) is 38.1 Å². The SMILES string of the molecule is CNCC(=O)Nc1cccc(S(=O)(=O)NC2CC2)c1. The Bertz CT molecular complexity index is 567. The van der Waals surface area contributed by atoms with Crippen molar-refractivity contribution in [1.29, 1.82) is 0 Å². The quantitative estimate of drug-likeness (QED) is 0.700. The van der Waals surface area contributed by atoms with E-state index in [2.05, 4.69) is 15.4 Å². The van der Waals surface area contributed by atoms with E-state index in [1.54, 1.807) is 19.2 Å². The van der Waals surface area contributed by atoms with Gasteiger partial charge in [-0.2, -0.15) is 0 Å². The molecule has 0 bridgehead atoms. The Morgan fingerprint density at radius 2 is 2.11 bits per heavy atom. The van der Waals surface area contributed by atoms with Crippen LogP contribution in [0.25, 0.3) is 0 Å². The summed E-state index contributed by atoms with van der Waals surface area (Å²) >= 11 is 0. The summed E-state index contributed by atoms with van der Waals surface area (Å²) in [7, 11) is -1.82. The van der Waals surface area contributed by atoms with E-state index in [1.807, 2.05) is 0 Å². The zero-order valence-electron chi connectivity index (χ0n) is 10.6. The number of benzene rings is 1. The first-order valence-electron chi connectivity index (χ1n) is 6.08. The van der Waals surface area contributed by atoms with Crippen molar-refractivity contribution in [2.75, 3.05) is 18.9 Å². The molecule has 1 aromatic rings. The Labute approximate surface area is 112 Å². The molecule has 3 N–H and O–H groups in total. The van der Waals surface area contributed by atoms with Crippen LogP contribution in [0.1, 0.15) is 12.8 Å². The number of rotatable bonds is 6. The lowest BCUT2D eigenvalue weighted by Gasteiger charge is -2.08. The first kappa shape index (κ1) is 14.0. The van der Waals surface area contributed by atoms with Crippen LogP contribution in [-0.4, -0.2) is 34.0 Å². The first-order chi connectivity index (χ1) is 9.01. The summed E-state index contributed by atoms with van der Waals surface area (Å²) in [6.45, 7) is 0.178. The van der Waals surface area contributed by atoms with E-state index in [0.717, 1.165) is 12.8 Å². The highest BCUT2D eigenvalue weighted by atomic mass is 32.2. The fourth-order valence-corrected chi connectivity index (χ4v) is 2.95. The smallest absolute Gasteiger partial charge is 0.240 e. The molecule has 1 aliphatic carbocycles. The largest absolute Gasteiger partial charge is 0.325 e. The maximum atomic E-state index is 12.0. The molecular formula is C12H17N3O3S. The highest BCUT2D eigenvalue weighted by Gasteiger charge is 2.28. The van der Waals surface area contributed by atoms with Gasteiger partial charge in [0.25, 0.3) is 0 Å². The maximum absolute atomic E-state index is 12.0. The second-order valence-electron chi connectivity index (χ2n) is 4.50. The Morgan fingerprint density at radius 1 is 1.37 bits per heavy atom. The Morgan fingerprint density at radius 3 is 2.74 bits per heavy atom. The molecule has 2 rings (SSSR count). The van der Waals surface area contributed by atoms with Crippen molar-refractivity contribution in [3.63, 3.8) is 0 Å². The third kappa shape index (κ3) is 4.02. The molecule has 7 heteroatoms. The molecule has 1 amide bonds. The third-order valence-electron chi connectivity index (χ3n) is 2.66. The molecule has 1 fully saturated rings. The molecule has 0 atom stereocenters. The zero-order valence-corrected chi connectivity index (χ0v) is 11.5. The van der Waals surface area contributed by atoms with Gasteiger partial charge in [0.2, 0.25) is 15.9 Å². The van der Waals surface area contributed by atoms with Gasteiger partial charge in [-0.3, -0.25) is 4.79 Å². The van der Waals surface area contributed by atoms with Gasteiger partial charge in [-0.25, -0.2) is 13.1 Å². The molecule has 1 aromatic carbocycles. The van der Waals surface area contributed by atoms with Crippen LogP contribution in [0.5, 0.6) is 0 Å². The minimum Gasteiger partial charge on any atom is -0.325 e. The van der Waals surface area contributed by atoms with Gasteiger partial charge in [-0.1, -0.05) is 6.07 Å². The van der Waals surface area contributed by atoms with Gasteiger partial charge in [0.1, 0.15) is 0 Å². The van der Waals surface area contributed by atoms with E-state index >= 15 is 0 Å². The number of sulfonamides is 1. The molecule has 104 valence electrons. The van der Waals surface area contributed by atoms with Crippen LogP contribution >= 0.6 is 0 Å². The van der Waals surface area contributed by atoms with Crippen molar-refractivity contribution < 1.29 is 13.2 Å². The summed E-state index contributed by atoms with van der Waals surface area (Å²) in [5, 5.41) is 5.35. The molecule has 0 aliphatic heterocycles. The zero-order chi connectivity index (χ0) is 13.9. The Balaban J connectivity index is 2.11. The number of likely N-dealkylation sites (N-methyl/N-ethyl adjacent to an activating group) is 1. The molecule has 19 heavy (non-hydrogen) atoms. The van der Waals surface area contributed by atoms with E-state index in [-0.39, 0.29) is 23.4 Å². The van der Waals surface area contributed by atoms with Crippen molar-refractivity contribution in [1.82, 2.24) is 10.0 Å². The van der Waals surface area contributed by atoms with Gasteiger partial charge < -0.3 is 10.6 Å². The van der Waals surface area contributed by atoms with Crippen LogP contribution < -0.4 is 15.4 Å². The molecule has 1 saturated carbocycles. The molecule has 0 spiro atoms. The fraction of sp³-hybridized carbons (Fsp3) is 0.417. The molecule has 0 aromatic heterocycles. The van der Waals surface area contributed by atoms with Crippen LogP contribution in [0.3, 0.4) is 0 Å². The summed E-state index contributed by atoms with van der Waals surface area (Å²) in [6.07, 6.45) is 1.77. The summed E-state index contributed by atoms with van der Waals surface area (Å²) in [5.74, 6) is -0.216. The minimum atomic E-state index is -3.48. The summed E-state index contributed by atoms with van der Waals surface area (Å²) in [5.41, 5.74) is 0.471. The lowest BCUT2D eigenvalue weighted by molar-refractivity contribution is -0.115. The van der Waals surface area contributed by atoms with Gasteiger partial charge in [0.15, 0.2) is 0 Å². The average molecular weight is 283 g/mol. The molecule has 0 saturated heterocycles. The molecule has 0 unspecified atom stereocenters. The molecule has 0 radical (unpaired) electrons. The number of hydrogen-bond donors (Lipinski definition) is 3. The van der Waals surface area contributed by atoms with E-state index in [4.69, 9.17) is 0 Å². The summed E-state index contributed by atoms with van der Waals surface area (Å²) in [4.78, 5) is 11.6. The Hall–Kier alpha value is -1.44. The lowest BCUT2D eigenvalue weighted by Crippen LogP contribution is -2.27. The second kappa shape index (κ2) is 5.68. The summed E-state index contributed by atoms with van der Waals surface area (Å²) in [6, 6.07) is 6.30. The first-order valence-corrected chi connectivity index (χ1v) is 7.56. The number of anilines is 1. The van der Waals surface area contributed by atoms with Gasteiger partial charge in [0.05, 0.1) is 11.4 Å². The van der Waals surface area contributed by atoms with E-state index in [9.17, 15) is 13.2 Å². The predicted molar refractivity (Wildman–Crippen MR) is 72.3 cm³/mol. The third-order valence-corrected chi connectivity index (χ3v) is 4.18. The van der Waals surface area contributed by atoms with E-state index in [1.165, 1.54) is 12.1 Å². The number of nitrogens with one attached hydrogen (secondary N) is 3. The monoisotopic (exact) mass is 283 g/mol. The Kier molecular flexibility index (Phi) is 4.18. The molecular weight excluding hydrogens is 266 g/mol. The van der Waals surface area contributed by atoms with Crippen LogP contribution in [0.2, 0.25) is 0 Å². The average Bonchev–Trinajstić information content (AvgIpc) is 3.13. The van der Waals surface area contributed by atoms with E-state index < -0.39 is 10.0 Å². The standard InChI is InChI=1S/C12H17N3O3S/c1-13-8-12(16)14-10-3-2-4-11(7-10)19(17,18)15-9-5-6-9/h2-4,7,9,13,15H,5-6,8H2,1H3,(H,14,16). The maximum Gasteiger partial charge on any atom is 0.240 e. The van der Waals surface area contributed by atoms with Crippen molar-refractivity contribution in [3.05, 3.63) is 24.3 Å². The molecule has 0 heterocycles. The summed E-state index contributed by atoms with van der Waals surface area (Å²) < 4.78 is 26.6. The van der Waals surface area contributed by atoms with Crippen molar-refractivity contribution >= 4 is 21.6 Å². The van der Waals surface area contributed by atoms with Crippen LogP contribution in [-0.2, 0) is 14.8 Å². The fourth-order valence-electron chi connectivity index (χ4n) is 1.60. The molecule has 1 aliphatic rings. The van der Waals surface area contributed by atoms with Gasteiger partial charge in [0, 0.05) is 11.7 Å². The van der Waals surface area contributed by atoms with Crippen molar-refractivity contribution in [2.24, 2.45) is 0 Å².